The zero-order chi connectivity index (χ0) is 25.2. The highest BCUT2D eigenvalue weighted by Crippen LogP contribution is 2.26. The molecular weight excluding hydrogens is 456 g/mol. The van der Waals surface area contributed by atoms with Gasteiger partial charge in [-0.05, 0) is 49.6 Å². The van der Waals surface area contributed by atoms with Crippen LogP contribution in [0, 0.1) is 5.92 Å². The normalized spacial score (nSPS) is 16.8. The minimum absolute atomic E-state index is 0.0192. The Hall–Kier alpha value is -3.98. The van der Waals surface area contributed by atoms with Crippen molar-refractivity contribution in [3.05, 3.63) is 82.1 Å². The van der Waals surface area contributed by atoms with Crippen LogP contribution in [0.15, 0.2) is 65.5 Å². The molecule has 1 saturated heterocycles. The molecule has 0 bridgehead atoms. The third kappa shape index (κ3) is 4.87. The smallest absolute Gasteiger partial charge is 0.267 e. The zero-order valence-electron chi connectivity index (χ0n) is 20.2. The molecule has 0 saturated carbocycles. The molecule has 186 valence electrons. The highest BCUT2D eigenvalue weighted by atomic mass is 16.3. The van der Waals surface area contributed by atoms with Crippen molar-refractivity contribution in [2.24, 2.45) is 5.92 Å². The third-order valence-corrected chi connectivity index (χ3v) is 6.90. The number of piperidine rings is 1. The van der Waals surface area contributed by atoms with Gasteiger partial charge in [0, 0.05) is 30.6 Å². The van der Waals surface area contributed by atoms with Gasteiger partial charge in [0.15, 0.2) is 5.78 Å². The average molecular weight is 487 g/mol. The maximum absolute atomic E-state index is 12.5. The lowest BCUT2D eigenvalue weighted by Gasteiger charge is -2.36. The van der Waals surface area contributed by atoms with Crippen LogP contribution in [0.1, 0.15) is 35.7 Å². The molecule has 2 aromatic carbocycles. The molecule has 0 spiro atoms. The summed E-state index contributed by atoms with van der Waals surface area (Å²) in [6.07, 6.45) is 1.19. The van der Waals surface area contributed by atoms with Crippen molar-refractivity contribution in [2.75, 3.05) is 23.7 Å². The number of hydrogen-bond acceptors (Lipinski definition) is 7. The molecule has 1 aliphatic rings. The Bertz CT molecular complexity index is 1460. The number of ketones is 1. The van der Waals surface area contributed by atoms with Gasteiger partial charge in [-0.1, -0.05) is 30.3 Å². The van der Waals surface area contributed by atoms with Gasteiger partial charge in [-0.3, -0.25) is 9.59 Å². The number of para-hydroxylation sites is 2. The van der Waals surface area contributed by atoms with Gasteiger partial charge >= 0.3 is 0 Å². The molecule has 1 fully saturated rings. The number of hydrogen-bond donors (Lipinski definition) is 2. The van der Waals surface area contributed by atoms with Crippen LogP contribution < -0.4 is 16.2 Å². The van der Waals surface area contributed by atoms with Crippen molar-refractivity contribution in [3.8, 4) is 0 Å². The van der Waals surface area contributed by atoms with Crippen LogP contribution in [-0.4, -0.2) is 49.4 Å². The average Bonchev–Trinajstić information content (AvgIpc) is 3.20. The third-order valence-electron chi connectivity index (χ3n) is 6.90. The number of aromatic nitrogens is 4. The molecule has 2 atom stereocenters. The largest absolute Gasteiger partial charge is 0.391 e. The molecule has 0 amide bonds. The van der Waals surface area contributed by atoms with Crippen LogP contribution in [0.25, 0.3) is 11.0 Å². The Morgan fingerprint density at radius 3 is 2.83 bits per heavy atom. The van der Waals surface area contributed by atoms with Gasteiger partial charge in [-0.25, -0.2) is 9.67 Å². The van der Waals surface area contributed by atoms with Crippen molar-refractivity contribution in [1.29, 1.82) is 0 Å². The summed E-state index contributed by atoms with van der Waals surface area (Å²) in [6.45, 7) is 3.59. The molecule has 0 aliphatic carbocycles. The Kier molecular flexibility index (Phi) is 6.56. The summed E-state index contributed by atoms with van der Waals surface area (Å²) in [6, 6.07) is 18.2. The number of carbonyl (C=O) groups is 1. The predicted octanol–water partition coefficient (Wildman–Crippen LogP) is 2.70. The maximum atomic E-state index is 12.5. The summed E-state index contributed by atoms with van der Waals surface area (Å²) < 4.78 is 3.29. The lowest BCUT2D eigenvalue weighted by Crippen LogP contribution is -2.42. The predicted molar refractivity (Wildman–Crippen MR) is 139 cm³/mol. The van der Waals surface area contributed by atoms with E-state index in [1.165, 1.54) is 17.7 Å². The van der Waals surface area contributed by atoms with E-state index in [2.05, 4.69) is 15.0 Å². The van der Waals surface area contributed by atoms with Gasteiger partial charge in [-0.15, -0.1) is 0 Å². The van der Waals surface area contributed by atoms with Gasteiger partial charge in [0.05, 0.1) is 30.2 Å². The van der Waals surface area contributed by atoms with Crippen molar-refractivity contribution in [1.82, 2.24) is 19.3 Å². The molecule has 0 radical (unpaired) electrons. The van der Waals surface area contributed by atoms with E-state index in [0.29, 0.717) is 30.4 Å². The fourth-order valence-corrected chi connectivity index (χ4v) is 4.94. The number of nitrogen functional groups attached to an aromatic ring is 1. The second-order valence-electron chi connectivity index (χ2n) is 9.43. The minimum Gasteiger partial charge on any atom is -0.391 e. The number of benzene rings is 2. The lowest BCUT2D eigenvalue weighted by molar-refractivity contribution is 0.0828. The molecule has 4 aromatic rings. The number of anilines is 2. The molecule has 5 rings (SSSR count). The van der Waals surface area contributed by atoms with E-state index in [4.69, 9.17) is 5.73 Å². The monoisotopic (exact) mass is 486 g/mol. The van der Waals surface area contributed by atoms with Crippen molar-refractivity contribution in [3.63, 3.8) is 0 Å². The molecule has 2 aromatic heterocycles. The van der Waals surface area contributed by atoms with Crippen LogP contribution in [0.2, 0.25) is 0 Å². The first-order valence-electron chi connectivity index (χ1n) is 12.2. The van der Waals surface area contributed by atoms with Crippen LogP contribution in [0.5, 0.6) is 0 Å². The highest BCUT2D eigenvalue weighted by Gasteiger charge is 2.28. The topological polar surface area (TPSA) is 119 Å². The van der Waals surface area contributed by atoms with Crippen LogP contribution in [0.3, 0.4) is 0 Å². The number of carbonyl (C=O) groups excluding carboxylic acids is 1. The summed E-state index contributed by atoms with van der Waals surface area (Å²) in [4.78, 5) is 30.8. The van der Waals surface area contributed by atoms with Gasteiger partial charge in [0.1, 0.15) is 5.82 Å². The zero-order valence-corrected chi connectivity index (χ0v) is 20.2. The number of aliphatic hydroxyl groups is 1. The van der Waals surface area contributed by atoms with Crippen molar-refractivity contribution in [2.45, 2.75) is 39.0 Å². The van der Waals surface area contributed by atoms with E-state index in [0.717, 1.165) is 36.0 Å². The maximum Gasteiger partial charge on any atom is 0.267 e. The quantitative estimate of drug-likeness (QED) is 0.386. The Morgan fingerprint density at radius 1 is 1.17 bits per heavy atom. The summed E-state index contributed by atoms with van der Waals surface area (Å²) in [5.74, 6) is 1.09. The van der Waals surface area contributed by atoms with E-state index >= 15 is 0 Å². The summed E-state index contributed by atoms with van der Waals surface area (Å²) in [5.41, 5.74) is 9.10. The number of imidazole rings is 1. The molecule has 9 heteroatoms. The first-order valence-corrected chi connectivity index (χ1v) is 12.2. The summed E-state index contributed by atoms with van der Waals surface area (Å²) >= 11 is 0. The fourth-order valence-electron chi connectivity index (χ4n) is 4.94. The molecule has 3 N–H and O–H groups in total. The number of fused-ring (bicyclic) bond motifs is 1. The molecule has 1 aliphatic heterocycles. The van der Waals surface area contributed by atoms with Crippen molar-refractivity contribution < 1.29 is 9.90 Å². The Morgan fingerprint density at radius 2 is 2.00 bits per heavy atom. The van der Waals surface area contributed by atoms with Crippen molar-refractivity contribution >= 4 is 28.6 Å². The summed E-state index contributed by atoms with van der Waals surface area (Å²) in [7, 11) is 0. The standard InChI is InChI=1S/C27H30N6O3/c1-18(34)20-7-4-6-19(14-20)15-33-26(36)12-11-25(30-33)31-13-5-8-21(16-31)24(35)17-32-23-10-3-2-9-22(23)29-27(32)28/h2-4,6-7,9-12,14,21,24,35H,5,8,13,15-17H2,1H3,(H2,28,29). The van der Waals surface area contributed by atoms with Crippen LogP contribution >= 0.6 is 0 Å². The first-order chi connectivity index (χ1) is 17.4. The fraction of sp³-hybridized carbons (Fsp3) is 0.333. The van der Waals surface area contributed by atoms with E-state index in [9.17, 15) is 14.7 Å². The highest BCUT2D eigenvalue weighted by molar-refractivity contribution is 5.94. The molecule has 9 nitrogen and oxygen atoms in total. The second kappa shape index (κ2) is 9.94. The number of nitrogens with zero attached hydrogens (tertiary/aromatic N) is 5. The number of rotatable bonds is 7. The minimum atomic E-state index is -0.604. The van der Waals surface area contributed by atoms with E-state index in [1.54, 1.807) is 18.2 Å². The van der Waals surface area contributed by atoms with Gasteiger partial charge in [-0.2, -0.15) is 5.10 Å². The van der Waals surface area contributed by atoms with E-state index < -0.39 is 6.10 Å². The SMILES string of the molecule is CC(=O)c1cccc(Cn2nc(N3CCCC(C(O)Cn4c(N)nc5ccccc54)C3)ccc2=O)c1. The summed E-state index contributed by atoms with van der Waals surface area (Å²) in [5, 5.41) is 15.7. The van der Waals surface area contributed by atoms with Crippen LogP contribution in [0.4, 0.5) is 11.8 Å². The van der Waals surface area contributed by atoms with Gasteiger partial charge < -0.3 is 20.3 Å². The molecule has 2 unspecified atom stereocenters. The Labute approximate surface area is 208 Å². The molecular formula is C27H30N6O3. The lowest BCUT2D eigenvalue weighted by atomic mass is 9.92. The Balaban J connectivity index is 1.32. The number of aliphatic hydroxyl groups excluding tert-OH is 1. The molecule has 3 heterocycles. The second-order valence-corrected chi connectivity index (χ2v) is 9.43. The molecule has 36 heavy (non-hydrogen) atoms. The first kappa shape index (κ1) is 23.7. The van der Waals surface area contributed by atoms with Gasteiger partial charge in [0.2, 0.25) is 5.95 Å². The number of nitrogens with two attached hydrogens (primary N) is 1. The van der Waals surface area contributed by atoms with E-state index in [1.807, 2.05) is 41.0 Å². The number of Topliss-reactive ketones (excluding diaryl/α,β-unsaturated/α-hetero) is 1. The van der Waals surface area contributed by atoms with Gasteiger partial charge in [0.25, 0.3) is 5.56 Å². The van der Waals surface area contributed by atoms with Crippen LogP contribution in [-0.2, 0) is 13.1 Å². The van der Waals surface area contributed by atoms with E-state index in [-0.39, 0.29) is 23.8 Å².